The molecule has 0 aromatic carbocycles. The van der Waals surface area contributed by atoms with Crippen LogP contribution in [-0.4, -0.2) is 96.0 Å². The molecule has 4 nitrogen and oxygen atoms in total. The summed E-state index contributed by atoms with van der Waals surface area (Å²) in [5.41, 5.74) is 0. The highest BCUT2D eigenvalue weighted by molar-refractivity contribution is 7.80. The van der Waals surface area contributed by atoms with Gasteiger partial charge in [0.25, 0.3) is 0 Å². The quantitative estimate of drug-likeness (QED) is 0.678. The minimum absolute atomic E-state index is 0.362. The van der Waals surface area contributed by atoms with E-state index in [1.807, 2.05) is 0 Å². The number of rotatable bonds is 7. The highest BCUT2D eigenvalue weighted by Crippen LogP contribution is 2.24. The van der Waals surface area contributed by atoms with E-state index in [0.29, 0.717) is 29.4 Å². The monoisotopic (exact) mass is 384 g/mol. The predicted octanol–water partition coefficient (Wildman–Crippen LogP) is 2.96. The van der Waals surface area contributed by atoms with Crippen molar-refractivity contribution < 1.29 is 0 Å². The molecule has 4 unspecified atom stereocenters. The van der Waals surface area contributed by atoms with Gasteiger partial charge in [-0.1, -0.05) is 20.8 Å². The second-order valence-corrected chi connectivity index (χ2v) is 10.1. The topological polar surface area (TPSA) is 13.0 Å². The molecule has 0 aliphatic carbocycles. The van der Waals surface area contributed by atoms with Gasteiger partial charge in [-0.05, 0) is 52.6 Å². The number of hydrogen-bond donors (Lipinski definition) is 1. The fourth-order valence-corrected chi connectivity index (χ4v) is 5.02. The SMILES string of the molecule is CC(C)C1CN(CCC(C)C2CN(C(C)C)CCN2C)CCN1C(C)S. The van der Waals surface area contributed by atoms with E-state index in [-0.39, 0.29) is 0 Å². The lowest BCUT2D eigenvalue weighted by Gasteiger charge is -2.46. The first-order chi connectivity index (χ1) is 12.2. The Labute approximate surface area is 168 Å². The van der Waals surface area contributed by atoms with Crippen LogP contribution in [0.4, 0.5) is 0 Å². The van der Waals surface area contributed by atoms with Gasteiger partial charge in [0, 0.05) is 57.4 Å². The average Bonchev–Trinajstić information content (AvgIpc) is 2.59. The van der Waals surface area contributed by atoms with Gasteiger partial charge in [-0.2, -0.15) is 12.6 Å². The van der Waals surface area contributed by atoms with Gasteiger partial charge in [0.05, 0.1) is 5.37 Å². The van der Waals surface area contributed by atoms with Crippen molar-refractivity contribution in [1.29, 1.82) is 0 Å². The molecule has 2 aliphatic heterocycles. The largest absolute Gasteiger partial charge is 0.301 e. The maximum Gasteiger partial charge on any atom is 0.0503 e. The number of hydrogen-bond acceptors (Lipinski definition) is 5. The summed E-state index contributed by atoms with van der Waals surface area (Å²) >= 11 is 4.71. The van der Waals surface area contributed by atoms with Crippen molar-refractivity contribution in [3.05, 3.63) is 0 Å². The van der Waals surface area contributed by atoms with Crippen molar-refractivity contribution in [2.24, 2.45) is 11.8 Å². The summed E-state index contributed by atoms with van der Waals surface area (Å²) in [4.78, 5) is 10.5. The Hall–Kier alpha value is 0.190. The van der Waals surface area contributed by atoms with Crippen molar-refractivity contribution in [3.8, 4) is 0 Å². The molecule has 0 radical (unpaired) electrons. The number of thiol groups is 1. The minimum atomic E-state index is 0.362. The summed E-state index contributed by atoms with van der Waals surface area (Å²) in [7, 11) is 2.32. The van der Waals surface area contributed by atoms with Crippen LogP contribution in [0.15, 0.2) is 0 Å². The Balaban J connectivity index is 1.85. The molecule has 26 heavy (non-hydrogen) atoms. The lowest BCUT2D eigenvalue weighted by molar-refractivity contribution is 0.0277. The van der Waals surface area contributed by atoms with Crippen molar-refractivity contribution in [3.63, 3.8) is 0 Å². The van der Waals surface area contributed by atoms with Crippen LogP contribution in [0.3, 0.4) is 0 Å². The van der Waals surface area contributed by atoms with Gasteiger partial charge in [0.15, 0.2) is 0 Å². The van der Waals surface area contributed by atoms with E-state index in [4.69, 9.17) is 12.6 Å². The summed E-state index contributed by atoms with van der Waals surface area (Å²) in [5.74, 6) is 1.44. The summed E-state index contributed by atoms with van der Waals surface area (Å²) in [6.45, 7) is 22.5. The van der Waals surface area contributed by atoms with Crippen LogP contribution in [0.2, 0.25) is 0 Å². The molecule has 2 aliphatic rings. The molecule has 0 saturated carbocycles. The Morgan fingerprint density at radius 1 is 0.885 bits per heavy atom. The van der Waals surface area contributed by atoms with E-state index in [1.54, 1.807) is 0 Å². The van der Waals surface area contributed by atoms with Crippen LogP contribution in [0.5, 0.6) is 0 Å². The molecule has 2 saturated heterocycles. The second kappa shape index (κ2) is 10.1. The molecule has 0 amide bonds. The van der Waals surface area contributed by atoms with E-state index in [1.165, 1.54) is 45.7 Å². The fraction of sp³-hybridized carbons (Fsp3) is 1.00. The Kier molecular flexibility index (Phi) is 8.74. The van der Waals surface area contributed by atoms with Crippen LogP contribution in [0.1, 0.15) is 48.0 Å². The zero-order chi connectivity index (χ0) is 19.4. The van der Waals surface area contributed by atoms with Crippen molar-refractivity contribution >= 4 is 12.6 Å². The molecular formula is C21H44N4S. The average molecular weight is 385 g/mol. The highest BCUT2D eigenvalue weighted by Gasteiger charge is 2.33. The number of nitrogens with zero attached hydrogens (tertiary/aromatic N) is 4. The molecule has 0 aromatic rings. The smallest absolute Gasteiger partial charge is 0.0503 e. The Morgan fingerprint density at radius 3 is 2.15 bits per heavy atom. The van der Waals surface area contributed by atoms with Gasteiger partial charge in [0.1, 0.15) is 0 Å². The van der Waals surface area contributed by atoms with Gasteiger partial charge < -0.3 is 9.80 Å². The standard InChI is InChI=1S/C21H44N4S/c1-16(2)20-14-23(11-13-25(20)19(6)26)9-8-18(5)21-15-24(17(3)4)12-10-22(21)7/h16-21,26H,8-15H2,1-7H3. The molecule has 0 N–H and O–H groups in total. The van der Waals surface area contributed by atoms with E-state index in [2.05, 4.69) is 68.2 Å². The molecule has 4 atom stereocenters. The lowest BCUT2D eigenvalue weighted by Crippen LogP contribution is -2.58. The molecule has 0 aromatic heterocycles. The van der Waals surface area contributed by atoms with Gasteiger partial charge >= 0.3 is 0 Å². The van der Waals surface area contributed by atoms with Crippen LogP contribution < -0.4 is 0 Å². The first-order valence-electron chi connectivity index (χ1n) is 10.8. The number of piperazine rings is 2. The van der Waals surface area contributed by atoms with Crippen LogP contribution in [0.25, 0.3) is 0 Å². The van der Waals surface area contributed by atoms with E-state index >= 15 is 0 Å². The van der Waals surface area contributed by atoms with Gasteiger partial charge in [-0.3, -0.25) is 9.80 Å². The maximum absolute atomic E-state index is 4.71. The second-order valence-electron chi connectivity index (χ2n) is 9.38. The fourth-order valence-electron chi connectivity index (χ4n) is 4.73. The van der Waals surface area contributed by atoms with E-state index < -0.39 is 0 Å². The van der Waals surface area contributed by atoms with Crippen molar-refractivity contribution in [2.45, 2.75) is 71.5 Å². The summed E-state index contributed by atoms with van der Waals surface area (Å²) in [6, 6.07) is 2.01. The molecule has 2 heterocycles. The van der Waals surface area contributed by atoms with E-state index in [9.17, 15) is 0 Å². The van der Waals surface area contributed by atoms with Gasteiger partial charge in [0.2, 0.25) is 0 Å². The zero-order valence-corrected chi connectivity index (χ0v) is 19.3. The third kappa shape index (κ3) is 5.84. The van der Waals surface area contributed by atoms with E-state index in [0.717, 1.165) is 12.5 Å². The lowest BCUT2D eigenvalue weighted by atomic mass is 9.93. The van der Waals surface area contributed by atoms with Crippen LogP contribution >= 0.6 is 12.6 Å². The Morgan fingerprint density at radius 2 is 1.58 bits per heavy atom. The highest BCUT2D eigenvalue weighted by atomic mass is 32.1. The molecule has 0 spiro atoms. The number of likely N-dealkylation sites (N-methyl/N-ethyl adjacent to an activating group) is 1. The molecule has 2 rings (SSSR count). The van der Waals surface area contributed by atoms with Gasteiger partial charge in [-0.25, -0.2) is 0 Å². The van der Waals surface area contributed by atoms with Crippen molar-refractivity contribution in [2.75, 3.05) is 52.9 Å². The zero-order valence-electron chi connectivity index (χ0n) is 18.4. The summed E-state index contributed by atoms with van der Waals surface area (Å²) in [6.07, 6.45) is 1.31. The first kappa shape index (κ1) is 22.5. The minimum Gasteiger partial charge on any atom is -0.301 e. The van der Waals surface area contributed by atoms with Crippen LogP contribution in [-0.2, 0) is 0 Å². The third-order valence-corrected chi connectivity index (χ3v) is 7.11. The maximum atomic E-state index is 4.71. The normalized spacial score (nSPS) is 30.2. The third-order valence-electron chi connectivity index (χ3n) is 6.81. The van der Waals surface area contributed by atoms with Crippen molar-refractivity contribution in [1.82, 2.24) is 19.6 Å². The molecule has 5 heteroatoms. The molecule has 2 fully saturated rings. The molecule has 0 bridgehead atoms. The first-order valence-corrected chi connectivity index (χ1v) is 11.3. The van der Waals surface area contributed by atoms with Crippen LogP contribution in [0, 0.1) is 11.8 Å². The summed E-state index contributed by atoms with van der Waals surface area (Å²) < 4.78 is 0. The predicted molar refractivity (Wildman–Crippen MR) is 117 cm³/mol. The van der Waals surface area contributed by atoms with Gasteiger partial charge in [-0.15, -0.1) is 0 Å². The molecule has 154 valence electrons. The summed E-state index contributed by atoms with van der Waals surface area (Å²) in [5, 5.41) is 0.362. The Bertz CT molecular complexity index is 415. The molecular weight excluding hydrogens is 340 g/mol.